The zero-order chi connectivity index (χ0) is 31.2. The van der Waals surface area contributed by atoms with Gasteiger partial charge in [0.15, 0.2) is 23.0 Å². The number of methoxy groups -OCH3 is 1. The molecule has 7 atom stereocenters. The molecule has 3 N–H and O–H groups in total. The summed E-state index contributed by atoms with van der Waals surface area (Å²) in [4.78, 5) is 29.8. The van der Waals surface area contributed by atoms with Crippen molar-refractivity contribution in [2.24, 2.45) is 5.73 Å². The van der Waals surface area contributed by atoms with E-state index in [1.54, 1.807) is 0 Å². The number of benzene rings is 2. The number of aromatic hydroxyl groups is 1. The zero-order valence-corrected chi connectivity index (χ0v) is 25.9. The number of rotatable bonds is 2. The average Bonchev–Trinajstić information content (AvgIpc) is 3.47. The molecule has 232 valence electrons. The number of ether oxygens (including phenoxy) is 5. The number of hydrogen-bond donors (Lipinski definition) is 2. The highest BCUT2D eigenvalue weighted by atomic mass is 32.2. The quantitative estimate of drug-likeness (QED) is 0.372. The molecule has 7 rings (SSSR count). The fraction of sp³-hybridized carbons (Fsp3) is 0.516. The minimum atomic E-state index is -0.890. The highest BCUT2D eigenvalue weighted by molar-refractivity contribution is 7.99. The van der Waals surface area contributed by atoms with Crippen LogP contribution < -0.4 is 24.7 Å². The molecular formula is C31H34N4O8S. The van der Waals surface area contributed by atoms with E-state index in [1.807, 2.05) is 27.0 Å². The number of fused-ring (bicyclic) bond motifs is 9. The number of nitriles is 1. The van der Waals surface area contributed by atoms with E-state index in [1.165, 1.54) is 25.8 Å². The number of carbonyl (C=O) groups is 2. The molecule has 2 aromatic carbocycles. The van der Waals surface area contributed by atoms with E-state index in [0.717, 1.165) is 22.3 Å². The Bertz CT molecular complexity index is 1640. The molecule has 2 fully saturated rings. The van der Waals surface area contributed by atoms with Gasteiger partial charge in [0.1, 0.15) is 24.4 Å². The van der Waals surface area contributed by atoms with Crippen molar-refractivity contribution in [3.05, 3.63) is 39.4 Å². The second kappa shape index (κ2) is 10.4. The predicted octanol–water partition coefficient (Wildman–Crippen LogP) is 2.56. The van der Waals surface area contributed by atoms with Gasteiger partial charge in [-0.25, -0.2) is 0 Å². The second-order valence-corrected chi connectivity index (χ2v) is 13.2. The maximum Gasteiger partial charge on any atom is 0.323 e. The Balaban J connectivity index is 1.56. The summed E-state index contributed by atoms with van der Waals surface area (Å²) in [6.45, 7) is 4.93. The first-order chi connectivity index (χ1) is 21.1. The maximum atomic E-state index is 13.0. The van der Waals surface area contributed by atoms with Gasteiger partial charge in [-0.05, 0) is 38.4 Å². The van der Waals surface area contributed by atoms with Crippen molar-refractivity contribution in [2.75, 3.05) is 33.3 Å². The van der Waals surface area contributed by atoms with Crippen LogP contribution in [0.2, 0.25) is 0 Å². The van der Waals surface area contributed by atoms with E-state index < -0.39 is 47.4 Å². The molecule has 5 heterocycles. The lowest BCUT2D eigenvalue weighted by atomic mass is 9.71. The van der Waals surface area contributed by atoms with E-state index in [2.05, 4.69) is 15.9 Å². The molecule has 44 heavy (non-hydrogen) atoms. The van der Waals surface area contributed by atoms with Gasteiger partial charge in [-0.2, -0.15) is 5.26 Å². The highest BCUT2D eigenvalue weighted by Gasteiger charge is 2.60. The molecule has 2 saturated heterocycles. The lowest BCUT2D eigenvalue weighted by Gasteiger charge is -2.61. The molecule has 5 aliphatic heterocycles. The standard InChI is InChI=1S/C31H34N4O8S/c1-12-6-15-7-17-18(8-32)35-19-9-40-31(38)16(33)10-44-30(24(35)23(34(17)4)20(15)25(37)26(12)39-5)22-21(19)29-28(41-11-42-29)13(2)27(22)43-14(3)36/h6,16-19,23-24,30,37H,7,9-11,33H2,1-5H3/t16?,17?,18?,19-,23?,24?,30+/m0/s1. The molecule has 0 aliphatic carbocycles. The molecule has 12 nitrogen and oxygen atoms in total. The van der Waals surface area contributed by atoms with Crippen LogP contribution in [0.15, 0.2) is 6.07 Å². The number of likely N-dealkylation sites (N-methyl/N-ethyl adjacent to an activating group) is 1. The number of nitrogens with zero attached hydrogens (tertiary/aromatic N) is 3. The third-order valence-corrected chi connectivity index (χ3v) is 11.1. The summed E-state index contributed by atoms with van der Waals surface area (Å²) in [7, 11) is 3.51. The van der Waals surface area contributed by atoms with Gasteiger partial charge >= 0.3 is 11.9 Å². The highest BCUT2D eigenvalue weighted by Crippen LogP contribution is 2.64. The molecule has 0 aromatic heterocycles. The van der Waals surface area contributed by atoms with Crippen LogP contribution >= 0.6 is 11.8 Å². The zero-order valence-electron chi connectivity index (χ0n) is 25.1. The number of phenolic OH excluding ortho intramolecular Hbond substituents is 1. The average molecular weight is 623 g/mol. The number of phenols is 1. The fourth-order valence-electron chi connectivity index (χ4n) is 7.98. The first-order valence-corrected chi connectivity index (χ1v) is 15.6. The Labute approximate surface area is 258 Å². The van der Waals surface area contributed by atoms with Crippen LogP contribution in [0.25, 0.3) is 0 Å². The van der Waals surface area contributed by atoms with Crippen LogP contribution in [0.5, 0.6) is 28.7 Å². The molecular weight excluding hydrogens is 588 g/mol. The van der Waals surface area contributed by atoms with Gasteiger partial charge in [-0.1, -0.05) is 6.07 Å². The van der Waals surface area contributed by atoms with Crippen molar-refractivity contribution >= 4 is 23.7 Å². The van der Waals surface area contributed by atoms with Crippen molar-refractivity contribution in [2.45, 2.75) is 68.7 Å². The van der Waals surface area contributed by atoms with Crippen molar-refractivity contribution in [3.63, 3.8) is 0 Å². The molecule has 13 heteroatoms. The van der Waals surface area contributed by atoms with Gasteiger partial charge in [0.2, 0.25) is 6.79 Å². The van der Waals surface area contributed by atoms with E-state index in [4.69, 9.17) is 29.4 Å². The van der Waals surface area contributed by atoms with Crippen molar-refractivity contribution in [1.82, 2.24) is 9.80 Å². The summed E-state index contributed by atoms with van der Waals surface area (Å²) in [5.41, 5.74) is 10.8. The van der Waals surface area contributed by atoms with E-state index >= 15 is 0 Å². The van der Waals surface area contributed by atoms with Crippen LogP contribution in [0.4, 0.5) is 0 Å². The summed E-state index contributed by atoms with van der Waals surface area (Å²) < 4.78 is 29.4. The number of nitrogens with two attached hydrogens (primary N) is 1. The summed E-state index contributed by atoms with van der Waals surface area (Å²) in [6.07, 6.45) is 0.522. The van der Waals surface area contributed by atoms with Gasteiger partial charge in [-0.15, -0.1) is 11.8 Å². The third-order valence-electron chi connectivity index (χ3n) is 9.69. The van der Waals surface area contributed by atoms with Crippen molar-refractivity contribution in [1.29, 1.82) is 5.26 Å². The molecule has 5 aliphatic rings. The first kappa shape index (κ1) is 29.0. The Hall–Kier alpha value is -3.70. The number of hydrogen-bond acceptors (Lipinski definition) is 13. The van der Waals surface area contributed by atoms with Crippen LogP contribution in [-0.4, -0.2) is 84.3 Å². The van der Waals surface area contributed by atoms with E-state index in [-0.39, 0.29) is 30.9 Å². The van der Waals surface area contributed by atoms with Crippen molar-refractivity contribution < 1.29 is 38.4 Å². The molecule has 5 unspecified atom stereocenters. The lowest BCUT2D eigenvalue weighted by Crippen LogP contribution is -2.69. The van der Waals surface area contributed by atoms with Gasteiger partial charge < -0.3 is 34.5 Å². The largest absolute Gasteiger partial charge is 0.504 e. The summed E-state index contributed by atoms with van der Waals surface area (Å²) >= 11 is 1.44. The summed E-state index contributed by atoms with van der Waals surface area (Å²) in [5, 5.41) is 22.1. The SMILES string of the molecule is COc1c(C)cc2c(c1O)C1C3[C@@H]4SCC(N)C(=O)OC[C@@H](c5c6c(c(C)c(OC(C)=O)c54)OCO6)N3C(C#N)C(C2)N1C. The lowest BCUT2D eigenvalue weighted by molar-refractivity contribution is -0.150. The first-order valence-electron chi connectivity index (χ1n) is 14.5. The smallest absolute Gasteiger partial charge is 0.323 e. The minimum Gasteiger partial charge on any atom is -0.504 e. The van der Waals surface area contributed by atoms with Crippen LogP contribution in [-0.2, 0) is 20.7 Å². The fourth-order valence-corrected chi connectivity index (χ4v) is 9.42. The Morgan fingerprint density at radius 3 is 2.64 bits per heavy atom. The predicted molar refractivity (Wildman–Crippen MR) is 158 cm³/mol. The number of piperazine rings is 1. The number of thioether (sulfide) groups is 1. The van der Waals surface area contributed by atoms with Gasteiger partial charge in [0.05, 0.1) is 30.5 Å². The molecule has 0 saturated carbocycles. The summed E-state index contributed by atoms with van der Waals surface area (Å²) in [5.74, 6) is 0.953. The number of carbonyl (C=O) groups excluding carboxylic acids is 2. The maximum absolute atomic E-state index is 13.0. The van der Waals surface area contributed by atoms with Gasteiger partial charge in [0.25, 0.3) is 0 Å². The van der Waals surface area contributed by atoms with E-state index in [9.17, 15) is 20.0 Å². The molecule has 0 spiro atoms. The summed E-state index contributed by atoms with van der Waals surface area (Å²) in [6, 6.07) is 1.36. The van der Waals surface area contributed by atoms with Gasteiger partial charge in [0, 0.05) is 47.0 Å². The second-order valence-electron chi connectivity index (χ2n) is 12.0. The monoisotopic (exact) mass is 622 g/mol. The van der Waals surface area contributed by atoms with Gasteiger partial charge in [-0.3, -0.25) is 19.4 Å². The Morgan fingerprint density at radius 1 is 1.18 bits per heavy atom. The van der Waals surface area contributed by atoms with Crippen LogP contribution in [0.3, 0.4) is 0 Å². The van der Waals surface area contributed by atoms with E-state index in [0.29, 0.717) is 40.5 Å². The topological polar surface area (TPSA) is 157 Å². The molecule has 2 aromatic rings. The van der Waals surface area contributed by atoms with Crippen molar-refractivity contribution in [3.8, 4) is 34.8 Å². The molecule has 0 radical (unpaired) electrons. The number of cyclic esters (lactones) is 1. The van der Waals surface area contributed by atoms with Crippen LogP contribution in [0.1, 0.15) is 57.6 Å². The normalized spacial score (nSPS) is 30.4. The molecule has 4 bridgehead atoms. The number of esters is 2. The number of aryl methyl sites for hydroxylation is 1. The Morgan fingerprint density at radius 2 is 1.93 bits per heavy atom. The third kappa shape index (κ3) is 3.94. The Kier molecular flexibility index (Phi) is 6.89. The van der Waals surface area contributed by atoms with Crippen LogP contribution in [0, 0.1) is 25.2 Å². The molecule has 0 amide bonds. The minimum absolute atomic E-state index is 0.0270.